The van der Waals surface area contributed by atoms with Gasteiger partial charge in [0, 0.05) is 18.5 Å². The number of aryl methyl sites for hydroxylation is 2. The molecule has 7 heteroatoms. The maximum Gasteiger partial charge on any atom is 0.191 e. The predicted octanol–water partition coefficient (Wildman–Crippen LogP) is 3.23. The largest absolute Gasteiger partial charge is 0.356 e. The molecular weight excluding hydrogens is 368 g/mol. The van der Waals surface area contributed by atoms with Crippen molar-refractivity contribution in [2.24, 2.45) is 12.0 Å². The van der Waals surface area contributed by atoms with Crippen LogP contribution in [0.2, 0.25) is 0 Å². The van der Waals surface area contributed by atoms with E-state index in [-0.39, 0.29) is 0 Å². The Balaban J connectivity index is 1.66. The summed E-state index contributed by atoms with van der Waals surface area (Å²) in [7, 11) is 1.98. The first-order valence-corrected chi connectivity index (χ1v) is 10.5. The first kappa shape index (κ1) is 20.1. The molecule has 6 nitrogen and oxygen atoms in total. The summed E-state index contributed by atoms with van der Waals surface area (Å²) in [6.45, 7) is 6.19. The average molecular weight is 397 g/mol. The third kappa shape index (κ3) is 5.42. The summed E-state index contributed by atoms with van der Waals surface area (Å²) >= 11 is 1.78. The highest BCUT2D eigenvalue weighted by Gasteiger charge is 2.07. The van der Waals surface area contributed by atoms with Gasteiger partial charge in [-0.1, -0.05) is 37.3 Å². The van der Waals surface area contributed by atoms with Crippen LogP contribution in [0.1, 0.15) is 34.6 Å². The third-order valence-corrected chi connectivity index (χ3v) is 5.68. The number of rotatable bonds is 8. The molecule has 0 spiro atoms. The summed E-state index contributed by atoms with van der Waals surface area (Å²) < 4.78 is 1.99. The lowest BCUT2D eigenvalue weighted by Gasteiger charge is -2.13. The fraction of sp³-hybridized carbons (Fsp3) is 0.381. The second kappa shape index (κ2) is 10.0. The molecule has 0 atom stereocenters. The summed E-state index contributed by atoms with van der Waals surface area (Å²) in [5, 5.41) is 17.3. The second-order valence-electron chi connectivity index (χ2n) is 6.62. The van der Waals surface area contributed by atoms with Gasteiger partial charge in [0.15, 0.2) is 11.8 Å². The molecule has 28 heavy (non-hydrogen) atoms. The Morgan fingerprint density at radius 3 is 2.61 bits per heavy atom. The van der Waals surface area contributed by atoms with Crippen LogP contribution in [0.5, 0.6) is 0 Å². The van der Waals surface area contributed by atoms with Crippen molar-refractivity contribution in [2.45, 2.75) is 39.8 Å². The van der Waals surface area contributed by atoms with Gasteiger partial charge in [0.1, 0.15) is 5.82 Å². The highest BCUT2D eigenvalue weighted by atomic mass is 32.1. The summed E-state index contributed by atoms with van der Waals surface area (Å²) in [4.78, 5) is 6.18. The van der Waals surface area contributed by atoms with E-state index in [0.29, 0.717) is 13.1 Å². The maximum absolute atomic E-state index is 4.81. The number of aromatic nitrogens is 3. The van der Waals surface area contributed by atoms with Gasteiger partial charge in [-0.15, -0.1) is 21.5 Å². The molecule has 3 aromatic rings. The lowest BCUT2D eigenvalue weighted by atomic mass is 10.1. The molecular formula is C21H28N6S. The zero-order valence-corrected chi connectivity index (χ0v) is 17.6. The van der Waals surface area contributed by atoms with Crippen LogP contribution in [0.15, 0.2) is 46.8 Å². The quantitative estimate of drug-likeness (QED) is 0.453. The van der Waals surface area contributed by atoms with Crippen molar-refractivity contribution < 1.29 is 0 Å². The van der Waals surface area contributed by atoms with Crippen molar-refractivity contribution in [3.05, 3.63) is 69.4 Å². The van der Waals surface area contributed by atoms with E-state index < -0.39 is 0 Å². The smallest absolute Gasteiger partial charge is 0.191 e. The van der Waals surface area contributed by atoms with Crippen LogP contribution in [0.3, 0.4) is 0 Å². The van der Waals surface area contributed by atoms with Crippen LogP contribution in [-0.2, 0) is 33.0 Å². The first-order chi connectivity index (χ1) is 13.7. The van der Waals surface area contributed by atoms with Gasteiger partial charge in [-0.3, -0.25) is 0 Å². The molecule has 1 aromatic carbocycles. The second-order valence-corrected chi connectivity index (χ2v) is 7.65. The molecule has 2 N–H and O–H groups in total. The van der Waals surface area contributed by atoms with Crippen molar-refractivity contribution in [3.63, 3.8) is 0 Å². The Morgan fingerprint density at radius 2 is 1.93 bits per heavy atom. The third-order valence-electron chi connectivity index (χ3n) is 4.75. The number of nitrogens with one attached hydrogen (secondary N) is 2. The lowest BCUT2D eigenvalue weighted by molar-refractivity contribution is 0.713. The predicted molar refractivity (Wildman–Crippen MR) is 116 cm³/mol. The molecule has 0 aliphatic carbocycles. The van der Waals surface area contributed by atoms with E-state index in [1.807, 2.05) is 18.5 Å². The molecule has 2 aromatic heterocycles. The van der Waals surface area contributed by atoms with E-state index in [4.69, 9.17) is 4.99 Å². The van der Waals surface area contributed by atoms with Gasteiger partial charge in [0.2, 0.25) is 0 Å². The molecule has 0 aliphatic rings. The van der Waals surface area contributed by atoms with Crippen LogP contribution < -0.4 is 10.6 Å². The molecule has 148 valence electrons. The Bertz CT molecular complexity index is 898. The minimum atomic E-state index is 0.581. The SMILES string of the molecule is CCc1ccccc1CN=C(NCCc1cccs1)NCc1nnc(C)n1C. The number of thiophene rings is 1. The van der Waals surface area contributed by atoms with Gasteiger partial charge in [0.25, 0.3) is 0 Å². The van der Waals surface area contributed by atoms with Gasteiger partial charge in [0.05, 0.1) is 13.1 Å². The molecule has 3 rings (SSSR count). The topological polar surface area (TPSA) is 67.1 Å². The van der Waals surface area contributed by atoms with E-state index in [0.717, 1.165) is 37.0 Å². The van der Waals surface area contributed by atoms with Crippen molar-refractivity contribution in [1.29, 1.82) is 0 Å². The average Bonchev–Trinajstić information content (AvgIpc) is 3.34. The molecule has 0 amide bonds. The number of guanidine groups is 1. The Kier molecular flexibility index (Phi) is 7.19. The van der Waals surface area contributed by atoms with Crippen LogP contribution >= 0.6 is 11.3 Å². The number of nitrogens with zero attached hydrogens (tertiary/aromatic N) is 4. The van der Waals surface area contributed by atoms with Crippen LogP contribution in [-0.4, -0.2) is 27.3 Å². The lowest BCUT2D eigenvalue weighted by Crippen LogP contribution is -2.38. The minimum absolute atomic E-state index is 0.581. The van der Waals surface area contributed by atoms with Crippen molar-refractivity contribution in [3.8, 4) is 0 Å². The van der Waals surface area contributed by atoms with Crippen LogP contribution in [0.4, 0.5) is 0 Å². The van der Waals surface area contributed by atoms with E-state index in [2.05, 4.69) is 69.5 Å². The number of aliphatic imine (C=N–C) groups is 1. The van der Waals surface area contributed by atoms with Crippen LogP contribution in [0, 0.1) is 6.92 Å². The fourth-order valence-corrected chi connectivity index (χ4v) is 3.63. The number of hydrogen-bond donors (Lipinski definition) is 2. The molecule has 0 unspecified atom stereocenters. The Morgan fingerprint density at radius 1 is 1.11 bits per heavy atom. The summed E-state index contributed by atoms with van der Waals surface area (Å²) in [5.41, 5.74) is 2.60. The zero-order chi connectivity index (χ0) is 19.8. The van der Waals surface area contributed by atoms with Crippen molar-refractivity contribution in [1.82, 2.24) is 25.4 Å². The molecule has 0 saturated heterocycles. The van der Waals surface area contributed by atoms with Gasteiger partial charge >= 0.3 is 0 Å². The molecule has 2 heterocycles. The Hall–Kier alpha value is -2.67. The van der Waals surface area contributed by atoms with E-state index in [9.17, 15) is 0 Å². The molecule has 0 saturated carbocycles. The zero-order valence-electron chi connectivity index (χ0n) is 16.8. The summed E-state index contributed by atoms with van der Waals surface area (Å²) in [5.74, 6) is 2.58. The van der Waals surface area contributed by atoms with Gasteiger partial charge in [-0.25, -0.2) is 4.99 Å². The number of hydrogen-bond acceptors (Lipinski definition) is 4. The number of benzene rings is 1. The van der Waals surface area contributed by atoms with Gasteiger partial charge in [-0.2, -0.15) is 0 Å². The highest BCUT2D eigenvalue weighted by molar-refractivity contribution is 7.09. The highest BCUT2D eigenvalue weighted by Crippen LogP contribution is 2.11. The minimum Gasteiger partial charge on any atom is -0.356 e. The van der Waals surface area contributed by atoms with Gasteiger partial charge < -0.3 is 15.2 Å². The summed E-state index contributed by atoms with van der Waals surface area (Å²) in [6.07, 6.45) is 1.99. The molecule has 0 bridgehead atoms. The van der Waals surface area contributed by atoms with Gasteiger partial charge in [-0.05, 0) is 42.3 Å². The monoisotopic (exact) mass is 396 g/mol. The first-order valence-electron chi connectivity index (χ1n) is 9.63. The normalized spacial score (nSPS) is 11.6. The standard InChI is InChI=1S/C21H28N6S/c1-4-17-8-5-6-9-18(17)14-23-21(22-12-11-19-10-7-13-28-19)24-15-20-26-25-16(2)27(20)3/h5-10,13H,4,11-12,14-15H2,1-3H3,(H2,22,23,24). The molecule has 0 fully saturated rings. The molecule has 0 radical (unpaired) electrons. The van der Waals surface area contributed by atoms with E-state index in [1.54, 1.807) is 11.3 Å². The van der Waals surface area contributed by atoms with E-state index in [1.165, 1.54) is 16.0 Å². The Labute approximate surface area is 170 Å². The van der Waals surface area contributed by atoms with E-state index >= 15 is 0 Å². The molecule has 0 aliphatic heterocycles. The van der Waals surface area contributed by atoms with Crippen molar-refractivity contribution in [2.75, 3.05) is 6.54 Å². The van der Waals surface area contributed by atoms with Crippen molar-refractivity contribution >= 4 is 17.3 Å². The summed E-state index contributed by atoms with van der Waals surface area (Å²) in [6, 6.07) is 12.7. The maximum atomic E-state index is 4.81. The fourth-order valence-electron chi connectivity index (χ4n) is 2.92. The van der Waals surface area contributed by atoms with Crippen LogP contribution in [0.25, 0.3) is 0 Å².